The van der Waals surface area contributed by atoms with Gasteiger partial charge in [0.2, 0.25) is 15.7 Å². The number of aromatic nitrogens is 8. The number of aromatic amines is 2. The minimum Gasteiger partial charge on any atom is -0.505 e. The van der Waals surface area contributed by atoms with E-state index in [2.05, 4.69) is 118 Å². The highest BCUT2D eigenvalue weighted by atomic mass is 35.5. The summed E-state index contributed by atoms with van der Waals surface area (Å²) in [5, 5.41) is 57.3. The number of carbonyl (C=O) groups excluding carboxylic acids is 4. The molecule has 0 saturated carbocycles. The van der Waals surface area contributed by atoms with E-state index in [0.29, 0.717) is 87.1 Å². The Morgan fingerprint density at radius 3 is 1.75 bits per heavy atom. The second kappa shape index (κ2) is 46.2. The Balaban J connectivity index is 0.000000205. The van der Waals surface area contributed by atoms with Gasteiger partial charge in [0.05, 0.1) is 53.6 Å². The number of aryl methyl sites for hydroxylation is 2. The number of unbranched alkanes of at least 4 members (excludes halogenated alkanes) is 16. The van der Waals surface area contributed by atoms with Crippen molar-refractivity contribution in [2.45, 2.75) is 306 Å². The fraction of sp³-hybridized carbons (Fsp3) is 0.425. The molecule has 4 amide bonds. The summed E-state index contributed by atoms with van der Waals surface area (Å²) in [4.78, 5) is 54.4. The number of rotatable bonds is 41. The average Bonchev–Trinajstić information content (AvgIpc) is 1.55. The number of sulfone groups is 1. The van der Waals surface area contributed by atoms with Gasteiger partial charge in [-0.05, 0) is 174 Å². The van der Waals surface area contributed by atoms with Crippen molar-refractivity contribution in [2.24, 2.45) is 0 Å². The van der Waals surface area contributed by atoms with Crippen LogP contribution in [0.15, 0.2) is 197 Å². The van der Waals surface area contributed by atoms with Crippen LogP contribution in [0.25, 0.3) is 22.7 Å². The second-order valence-electron chi connectivity index (χ2n) is 38.9. The molecule has 136 heavy (non-hydrogen) atoms. The molecule has 724 valence electrons. The topological polar surface area (TPSA) is 360 Å². The SMILES string of the molecule is CCCCCCCCCCC(Oc1ccc(S(=O)(=O)c2ccc(OCc3ccccc3)cc2)cc1)C(=O)NC(C)(C)C(C)(C)c1nnc2c(Cl)c(C(C)(C)C)[nH]n12.CCCCCCCCCCCCC(Oc1ccccc1C#N)C(=O)Nc1ccccc1C(=O)Nc1cc(Cl)c2c(c1O)C(C)(C)CC(=O)N2.Cc1ccc(S(=O)(=O)Nc2ccc(-c3nnc4cc(C(C)(C)C)[nH]n34)cc2)c(C)c1. The Kier molecular flexibility index (Phi) is 35.5. The van der Waals surface area contributed by atoms with Gasteiger partial charge >= 0.3 is 0 Å². The second-order valence-corrected chi connectivity index (χ2v) is 43.3. The molecule has 0 fully saturated rings. The van der Waals surface area contributed by atoms with Crippen LogP contribution in [-0.4, -0.2) is 103 Å². The first-order valence-electron chi connectivity index (χ1n) is 47.2. The number of hydrogen-bond donors (Lipinski definition) is 8. The number of hydrogen-bond acceptors (Lipinski definition) is 17. The van der Waals surface area contributed by atoms with E-state index in [1.54, 1.807) is 116 Å². The van der Waals surface area contributed by atoms with Crippen LogP contribution in [0, 0.1) is 25.2 Å². The van der Waals surface area contributed by atoms with Gasteiger partial charge in [-0.3, -0.25) is 34.1 Å². The summed E-state index contributed by atoms with van der Waals surface area (Å²) in [5.74, 6) is 0.911. The smallest absolute Gasteiger partial charge is 0.265 e. The first-order valence-corrected chi connectivity index (χ1v) is 50.9. The maximum absolute atomic E-state index is 14.2. The number of nitriles is 1. The van der Waals surface area contributed by atoms with Gasteiger partial charge in [0.25, 0.3) is 27.7 Å². The van der Waals surface area contributed by atoms with Crippen LogP contribution in [0.1, 0.15) is 287 Å². The average molecular weight is 1930 g/mol. The number of sulfonamides is 1. The molecule has 0 radical (unpaired) electrons. The number of phenols is 1. The number of nitrogens with zero attached hydrogens (tertiary/aromatic N) is 7. The van der Waals surface area contributed by atoms with Crippen molar-refractivity contribution >= 4 is 101 Å². The summed E-state index contributed by atoms with van der Waals surface area (Å²) in [6.07, 6.45) is 19.9. The van der Waals surface area contributed by atoms with Crippen LogP contribution in [0.2, 0.25) is 10.0 Å². The molecule has 1 aliphatic rings. The van der Waals surface area contributed by atoms with Crippen LogP contribution in [0.4, 0.5) is 22.7 Å². The zero-order valence-electron chi connectivity index (χ0n) is 81.2. The van der Waals surface area contributed by atoms with Crippen molar-refractivity contribution in [3.05, 3.63) is 243 Å². The van der Waals surface area contributed by atoms with Crippen molar-refractivity contribution in [1.82, 2.24) is 44.9 Å². The largest absolute Gasteiger partial charge is 0.505 e. The number of anilines is 4. The highest BCUT2D eigenvalue weighted by Crippen LogP contribution is 2.50. The lowest BCUT2D eigenvalue weighted by Crippen LogP contribution is -2.59. The Labute approximate surface area is 811 Å². The summed E-state index contributed by atoms with van der Waals surface area (Å²) in [6.45, 7) is 32.8. The Bertz CT molecular complexity index is 6390. The number of para-hydroxylation sites is 2. The van der Waals surface area contributed by atoms with Crippen molar-refractivity contribution in [1.29, 1.82) is 5.26 Å². The molecule has 0 bridgehead atoms. The Morgan fingerprint density at radius 2 is 1.16 bits per heavy atom. The van der Waals surface area contributed by atoms with Gasteiger partial charge in [-0.2, -0.15) is 5.26 Å². The lowest BCUT2D eigenvalue weighted by atomic mass is 9.73. The van der Waals surface area contributed by atoms with Gasteiger partial charge in [0.15, 0.2) is 35.2 Å². The predicted octanol–water partition coefficient (Wildman–Crippen LogP) is 24.5. The molecular weight excluding hydrogens is 1800 g/mol. The van der Waals surface area contributed by atoms with E-state index in [0.717, 1.165) is 78.7 Å². The van der Waals surface area contributed by atoms with Crippen molar-refractivity contribution in [3.63, 3.8) is 0 Å². The quantitative estimate of drug-likeness (QED) is 0.0130. The molecule has 0 saturated heterocycles. The van der Waals surface area contributed by atoms with Gasteiger partial charge in [0, 0.05) is 62.2 Å². The number of amides is 4. The molecule has 2 atom stereocenters. The molecule has 5 heterocycles. The van der Waals surface area contributed by atoms with Crippen molar-refractivity contribution in [3.8, 4) is 40.5 Å². The number of ether oxygens (including phenoxy) is 3. The van der Waals surface area contributed by atoms with E-state index in [-0.39, 0.29) is 71.5 Å². The van der Waals surface area contributed by atoms with E-state index in [9.17, 15) is 46.4 Å². The predicted molar refractivity (Wildman–Crippen MR) is 540 cm³/mol. The standard InChI is InChI=1S/C45H60ClN5O5S.C39H47ClN4O5.C22H25N5O2S/c1-9-10-11-12-13-14-15-19-22-37(41(52)47-45(7,8)44(5,6)42-49-48-40-38(46)39(43(2,3)4)50-51(40)42)56-34-25-29-36(30-26-34)57(53,54)35-27-23-33(24-28-35)55-31-32-20-17-16-18-21-32;1-4-5-6-7-8-9-10-11-12-13-22-32(49-31-21-17-14-18-26(31)25-41)38(48)42-29-20-16-15-19-27(29)37(47)43-30-23-28(40)35-34(36(30)46)39(2,3)24-33(45)44-35;1-14-6-11-18(15(2)12-14)30(28,29)26-17-9-7-16(8-10-17)21-24-23-20-13-19(22(3,4)5)25-27(20)21/h16-18,20-21,23-30,37,50H,9-15,19,22,31H2,1-8H3,(H,47,52);14-21,23,32,46H,4-13,22,24H2,1-3H3,(H,42,48)(H,43,47)(H,44,45);6-13,25-26H,1-5H3. The number of aromatic hydroxyl groups is 1. The van der Waals surface area contributed by atoms with E-state index in [1.165, 1.54) is 88.8 Å². The van der Waals surface area contributed by atoms with Crippen LogP contribution in [0.3, 0.4) is 0 Å². The van der Waals surface area contributed by atoms with Crippen molar-refractivity contribution < 1.29 is 55.3 Å². The van der Waals surface area contributed by atoms with Crippen LogP contribution < -0.4 is 40.2 Å². The number of halogens is 2. The zero-order valence-corrected chi connectivity index (χ0v) is 84.3. The highest BCUT2D eigenvalue weighted by molar-refractivity contribution is 7.92. The lowest BCUT2D eigenvalue weighted by molar-refractivity contribution is -0.131. The summed E-state index contributed by atoms with van der Waals surface area (Å²) in [6, 6.07) is 53.7. The minimum absolute atomic E-state index is 0.0335. The van der Waals surface area contributed by atoms with Crippen LogP contribution in [-0.2, 0) is 62.5 Å². The zero-order chi connectivity index (χ0) is 98.5. The summed E-state index contributed by atoms with van der Waals surface area (Å²) in [5.41, 5.74) is 6.32. The molecule has 0 aliphatic carbocycles. The number of nitrogens with one attached hydrogen (secondary N) is 7. The highest BCUT2D eigenvalue weighted by Gasteiger charge is 2.46. The van der Waals surface area contributed by atoms with Gasteiger partial charge in [-0.15, -0.1) is 20.4 Å². The maximum atomic E-state index is 14.2. The molecule has 4 aromatic heterocycles. The minimum atomic E-state index is -3.81. The molecule has 2 unspecified atom stereocenters. The molecule has 12 aromatic rings. The fourth-order valence-electron chi connectivity index (χ4n) is 16.3. The summed E-state index contributed by atoms with van der Waals surface area (Å²) in [7, 11) is -7.48. The molecule has 0 spiro atoms. The molecule has 30 heteroatoms. The fourth-order valence-corrected chi connectivity index (χ4v) is 19.5. The third-order valence-corrected chi connectivity index (χ3v) is 28.9. The van der Waals surface area contributed by atoms with Crippen LogP contribution >= 0.6 is 23.2 Å². The lowest BCUT2D eigenvalue weighted by Gasteiger charge is -2.41. The number of H-pyrrole nitrogens is 2. The first kappa shape index (κ1) is 104. The number of carbonyl (C=O) groups is 4. The van der Waals surface area contributed by atoms with E-state index >= 15 is 0 Å². The number of fused-ring (bicyclic) bond motifs is 3. The summed E-state index contributed by atoms with van der Waals surface area (Å²) < 4.78 is 77.4. The van der Waals surface area contributed by atoms with Crippen molar-refractivity contribution in [2.75, 3.05) is 20.7 Å². The van der Waals surface area contributed by atoms with Gasteiger partial charge < -0.3 is 40.6 Å². The first-order chi connectivity index (χ1) is 64.5. The molecule has 1 aliphatic heterocycles. The van der Waals surface area contributed by atoms with Gasteiger partial charge in [-0.25, -0.2) is 25.9 Å². The Hall–Kier alpha value is -12.0. The third kappa shape index (κ3) is 26.8. The summed E-state index contributed by atoms with van der Waals surface area (Å²) >= 11 is 13.2. The van der Waals surface area contributed by atoms with E-state index in [1.807, 2.05) is 112 Å². The molecule has 26 nitrogen and oxygen atoms in total. The third-order valence-electron chi connectivity index (χ3n) is 24.9. The molecule has 8 aromatic carbocycles. The van der Waals surface area contributed by atoms with E-state index < -0.39 is 60.3 Å². The van der Waals surface area contributed by atoms with Gasteiger partial charge in [-0.1, -0.05) is 281 Å². The number of benzene rings is 8. The van der Waals surface area contributed by atoms with E-state index in [4.69, 9.17) is 37.4 Å². The Morgan fingerprint density at radius 1 is 0.596 bits per heavy atom. The number of phenolic OH excluding ortho intramolecular Hbond substituents is 1. The normalized spacial score (nSPS) is 13.2. The monoisotopic (exact) mass is 1930 g/mol. The molecule has 13 rings (SSSR count). The molecule has 8 N–H and O–H groups in total. The van der Waals surface area contributed by atoms with Crippen LogP contribution in [0.5, 0.6) is 23.0 Å². The molecular formula is C106H132Cl2N14O12S2. The van der Waals surface area contributed by atoms with Gasteiger partial charge in [0.1, 0.15) is 40.7 Å². The maximum Gasteiger partial charge on any atom is 0.265 e.